The molecule has 160 valence electrons. The maximum Gasteiger partial charge on any atom is 0.240 e. The van der Waals surface area contributed by atoms with Crippen molar-refractivity contribution in [3.8, 4) is 0 Å². The Morgan fingerprint density at radius 2 is 1.81 bits per heavy atom. The van der Waals surface area contributed by atoms with Crippen molar-refractivity contribution >= 4 is 44.8 Å². The second kappa shape index (κ2) is 9.12. The van der Waals surface area contributed by atoms with Gasteiger partial charge in [-0.1, -0.05) is 48.8 Å². The zero-order valence-corrected chi connectivity index (χ0v) is 19.1. The Labute approximate surface area is 190 Å². The van der Waals surface area contributed by atoms with Gasteiger partial charge in [0.1, 0.15) is 5.82 Å². The summed E-state index contributed by atoms with van der Waals surface area (Å²) in [6.07, 6.45) is 1.66. The Morgan fingerprint density at radius 1 is 1.03 bits per heavy atom. The van der Waals surface area contributed by atoms with Crippen molar-refractivity contribution in [1.82, 2.24) is 4.72 Å². The van der Waals surface area contributed by atoms with Gasteiger partial charge in [0, 0.05) is 32.5 Å². The van der Waals surface area contributed by atoms with E-state index >= 15 is 0 Å². The monoisotopic (exact) mass is 474 g/mol. The number of aliphatic imine (C=N–C) groups is 1. The summed E-state index contributed by atoms with van der Waals surface area (Å²) in [7, 11) is -3.65. The van der Waals surface area contributed by atoms with Crippen LogP contribution < -0.4 is 4.72 Å². The average molecular weight is 475 g/mol. The molecular weight excluding hydrogens is 455 g/mol. The lowest BCUT2D eigenvalue weighted by molar-refractivity contribution is 0.578. The first kappa shape index (κ1) is 22.0. The summed E-state index contributed by atoms with van der Waals surface area (Å²) >= 11 is 7.40. The molecule has 3 aromatic rings. The van der Waals surface area contributed by atoms with Crippen molar-refractivity contribution in [3.05, 3.63) is 82.6 Å². The quantitative estimate of drug-likeness (QED) is 0.339. The molecule has 0 saturated heterocycles. The lowest BCUT2D eigenvalue weighted by Gasteiger charge is -2.09. The summed E-state index contributed by atoms with van der Waals surface area (Å²) in [6.45, 7) is 2.39. The van der Waals surface area contributed by atoms with Crippen molar-refractivity contribution in [2.75, 3.05) is 6.54 Å². The van der Waals surface area contributed by atoms with Crippen LogP contribution in [0.4, 0.5) is 10.1 Å². The van der Waals surface area contributed by atoms with Gasteiger partial charge in [-0.25, -0.2) is 22.5 Å². The highest BCUT2D eigenvalue weighted by atomic mass is 35.5. The second-order valence-corrected chi connectivity index (χ2v) is 10.4. The summed E-state index contributed by atoms with van der Waals surface area (Å²) in [5.41, 5.74) is 2.73. The third-order valence-electron chi connectivity index (χ3n) is 4.83. The average Bonchev–Trinajstić information content (AvgIpc) is 2.90. The first-order valence-corrected chi connectivity index (χ1v) is 12.5. The van der Waals surface area contributed by atoms with Crippen LogP contribution in [0.2, 0.25) is 5.02 Å². The first-order chi connectivity index (χ1) is 14.9. The number of halogens is 2. The molecule has 4 nitrogen and oxygen atoms in total. The zero-order valence-electron chi connectivity index (χ0n) is 16.7. The van der Waals surface area contributed by atoms with Crippen molar-refractivity contribution in [2.45, 2.75) is 34.5 Å². The lowest BCUT2D eigenvalue weighted by atomic mass is 10.0. The third kappa shape index (κ3) is 4.85. The normalized spacial score (nSPS) is 13.2. The SMILES string of the molecule is CCCCNS(=O)(=O)c1ccc2c(c1)N=C(c1ccc(Cl)cc1)c1ccc(F)cc1S2. The van der Waals surface area contributed by atoms with Gasteiger partial charge in [0.25, 0.3) is 0 Å². The topological polar surface area (TPSA) is 58.5 Å². The number of nitrogens with zero attached hydrogens (tertiary/aromatic N) is 1. The van der Waals surface area contributed by atoms with E-state index in [1.807, 2.05) is 19.1 Å². The van der Waals surface area contributed by atoms with E-state index in [-0.39, 0.29) is 10.7 Å². The number of unbranched alkanes of at least 4 members (excludes halogenated alkanes) is 1. The fraction of sp³-hybridized carbons (Fsp3) is 0.174. The van der Waals surface area contributed by atoms with Crippen LogP contribution in [0.3, 0.4) is 0 Å². The molecule has 0 spiro atoms. The Kier molecular flexibility index (Phi) is 6.48. The molecule has 0 bridgehead atoms. The van der Waals surface area contributed by atoms with Crippen LogP contribution >= 0.6 is 23.4 Å². The van der Waals surface area contributed by atoms with E-state index in [1.165, 1.54) is 23.9 Å². The number of hydrogen-bond acceptors (Lipinski definition) is 4. The number of hydrogen-bond donors (Lipinski definition) is 1. The molecule has 0 unspecified atom stereocenters. The summed E-state index contributed by atoms with van der Waals surface area (Å²) in [5, 5.41) is 0.596. The molecule has 0 atom stereocenters. The number of sulfonamides is 1. The third-order valence-corrected chi connectivity index (χ3v) is 7.67. The Bertz CT molecular complexity index is 1260. The molecule has 31 heavy (non-hydrogen) atoms. The van der Waals surface area contributed by atoms with Gasteiger partial charge in [-0.15, -0.1) is 0 Å². The highest BCUT2D eigenvalue weighted by molar-refractivity contribution is 7.99. The van der Waals surface area contributed by atoms with E-state index in [0.717, 1.165) is 28.9 Å². The van der Waals surface area contributed by atoms with Gasteiger partial charge in [-0.3, -0.25) is 0 Å². The lowest BCUT2D eigenvalue weighted by Crippen LogP contribution is -2.24. The molecular formula is C23H20ClFN2O2S2. The van der Waals surface area contributed by atoms with Gasteiger partial charge in [0.2, 0.25) is 10.0 Å². The maximum absolute atomic E-state index is 14.0. The Balaban J connectivity index is 1.84. The summed E-state index contributed by atoms with van der Waals surface area (Å²) < 4.78 is 42.0. The molecule has 3 aromatic carbocycles. The summed E-state index contributed by atoms with van der Waals surface area (Å²) in [4.78, 5) is 6.44. The molecule has 0 saturated carbocycles. The van der Waals surface area contributed by atoms with Crippen LogP contribution in [0.15, 0.2) is 80.3 Å². The minimum Gasteiger partial charge on any atom is -0.247 e. The van der Waals surface area contributed by atoms with Crippen molar-refractivity contribution in [2.24, 2.45) is 4.99 Å². The molecule has 4 rings (SSSR count). The van der Waals surface area contributed by atoms with Crippen LogP contribution in [-0.2, 0) is 10.0 Å². The van der Waals surface area contributed by atoms with Gasteiger partial charge in [-0.2, -0.15) is 0 Å². The fourth-order valence-electron chi connectivity index (χ4n) is 3.21. The van der Waals surface area contributed by atoms with Gasteiger partial charge in [0.15, 0.2) is 0 Å². The Hall–Kier alpha value is -2.19. The summed E-state index contributed by atoms with van der Waals surface area (Å²) in [6, 6.07) is 16.6. The highest BCUT2D eigenvalue weighted by Crippen LogP contribution is 2.42. The molecule has 0 aliphatic carbocycles. The van der Waals surface area contributed by atoms with Crippen LogP contribution in [0.1, 0.15) is 30.9 Å². The maximum atomic E-state index is 14.0. The van der Waals surface area contributed by atoms with Crippen LogP contribution in [-0.4, -0.2) is 20.7 Å². The fourth-order valence-corrected chi connectivity index (χ4v) is 5.46. The number of fused-ring (bicyclic) bond motifs is 2. The standard InChI is InChI=1S/C23H20ClFN2O2S2/c1-2-3-12-26-31(28,29)18-9-11-21-20(14-18)27-23(15-4-6-16(24)7-5-15)19-10-8-17(25)13-22(19)30-21/h4-11,13-14,26H,2-3,12H2,1H3. The van der Waals surface area contributed by atoms with Gasteiger partial charge in [0.05, 0.1) is 16.3 Å². The largest absolute Gasteiger partial charge is 0.247 e. The molecule has 1 heterocycles. The number of rotatable bonds is 6. The number of nitrogens with one attached hydrogen (secondary N) is 1. The molecule has 1 aliphatic rings. The number of benzene rings is 3. The van der Waals surface area contributed by atoms with Crippen molar-refractivity contribution < 1.29 is 12.8 Å². The predicted molar refractivity (Wildman–Crippen MR) is 124 cm³/mol. The minimum atomic E-state index is -3.65. The molecule has 0 amide bonds. The van der Waals surface area contributed by atoms with E-state index in [2.05, 4.69) is 4.72 Å². The van der Waals surface area contributed by atoms with Crippen LogP contribution in [0, 0.1) is 5.82 Å². The molecule has 8 heteroatoms. The molecule has 0 aromatic heterocycles. The smallest absolute Gasteiger partial charge is 0.240 e. The van der Waals surface area contributed by atoms with Crippen molar-refractivity contribution in [3.63, 3.8) is 0 Å². The van der Waals surface area contributed by atoms with Crippen LogP contribution in [0.25, 0.3) is 0 Å². The van der Waals surface area contributed by atoms with E-state index in [0.29, 0.717) is 27.9 Å². The van der Waals surface area contributed by atoms with Crippen molar-refractivity contribution in [1.29, 1.82) is 0 Å². The van der Waals surface area contributed by atoms with Gasteiger partial charge in [-0.05, 0) is 55.0 Å². The minimum absolute atomic E-state index is 0.152. The van der Waals surface area contributed by atoms with E-state index in [9.17, 15) is 12.8 Å². The molecule has 1 N–H and O–H groups in total. The molecule has 0 fully saturated rings. The van der Waals surface area contributed by atoms with Gasteiger partial charge < -0.3 is 0 Å². The highest BCUT2D eigenvalue weighted by Gasteiger charge is 2.22. The van der Waals surface area contributed by atoms with E-state index < -0.39 is 10.0 Å². The van der Waals surface area contributed by atoms with E-state index in [4.69, 9.17) is 16.6 Å². The predicted octanol–water partition coefficient (Wildman–Crippen LogP) is 6.19. The van der Waals surface area contributed by atoms with E-state index in [1.54, 1.807) is 36.4 Å². The second-order valence-electron chi connectivity index (χ2n) is 7.09. The van der Waals surface area contributed by atoms with Gasteiger partial charge >= 0.3 is 0 Å². The molecule has 0 radical (unpaired) electrons. The van der Waals surface area contributed by atoms with Crippen LogP contribution in [0.5, 0.6) is 0 Å². The zero-order chi connectivity index (χ0) is 22.0. The first-order valence-electron chi connectivity index (χ1n) is 9.83. The Morgan fingerprint density at radius 3 is 2.55 bits per heavy atom. The summed E-state index contributed by atoms with van der Waals surface area (Å²) in [5.74, 6) is -0.343. The molecule has 1 aliphatic heterocycles.